The van der Waals surface area contributed by atoms with E-state index in [4.69, 9.17) is 4.74 Å². The average Bonchev–Trinajstić information content (AvgIpc) is 2.26. The van der Waals surface area contributed by atoms with E-state index >= 15 is 0 Å². The van der Waals surface area contributed by atoms with Gasteiger partial charge in [0, 0.05) is 19.1 Å². The van der Waals surface area contributed by atoms with Crippen LogP contribution in [0.5, 0.6) is 0 Å². The normalized spacial score (nSPS) is 11.6. The van der Waals surface area contributed by atoms with Crippen LogP contribution in [0.25, 0.3) is 0 Å². The van der Waals surface area contributed by atoms with Crippen molar-refractivity contribution in [2.75, 3.05) is 19.0 Å². The molecule has 0 saturated heterocycles. The van der Waals surface area contributed by atoms with Crippen molar-refractivity contribution in [2.45, 2.75) is 39.7 Å². The maximum Gasteiger partial charge on any atom is 0.156 e. The molecule has 0 aromatic carbocycles. The van der Waals surface area contributed by atoms with Crippen molar-refractivity contribution in [1.82, 2.24) is 9.97 Å². The van der Waals surface area contributed by atoms with Gasteiger partial charge >= 0.3 is 0 Å². The van der Waals surface area contributed by atoms with Gasteiger partial charge in [-0.2, -0.15) is 0 Å². The van der Waals surface area contributed by atoms with Gasteiger partial charge in [0.05, 0.1) is 10.2 Å². The van der Waals surface area contributed by atoms with E-state index in [2.05, 4.69) is 52.0 Å². The molecular weight excluding hydrogens is 282 g/mol. The summed E-state index contributed by atoms with van der Waals surface area (Å²) in [4.78, 5) is 8.98. The Bertz CT molecular complexity index is 388. The van der Waals surface area contributed by atoms with Crippen LogP contribution in [0.4, 0.5) is 5.82 Å². The number of anilines is 1. The second-order valence-electron chi connectivity index (χ2n) is 4.79. The summed E-state index contributed by atoms with van der Waals surface area (Å²) in [5.74, 6) is 1.52. The number of hydrogen-bond donors (Lipinski definition) is 1. The van der Waals surface area contributed by atoms with Crippen LogP contribution in [-0.4, -0.2) is 23.6 Å². The first kappa shape index (κ1) is 14.4. The number of nitrogens with zero attached hydrogens (tertiary/aromatic N) is 2. The number of hydrogen-bond acceptors (Lipinski definition) is 4. The first-order chi connectivity index (χ1) is 7.90. The first-order valence-electron chi connectivity index (χ1n) is 5.72. The molecule has 0 unspecified atom stereocenters. The highest BCUT2D eigenvalue weighted by Crippen LogP contribution is 2.32. The Hall–Kier alpha value is -0.680. The summed E-state index contributed by atoms with van der Waals surface area (Å²) in [6.07, 6.45) is 0. The summed E-state index contributed by atoms with van der Waals surface area (Å²) in [6.45, 7) is 9.46. The summed E-state index contributed by atoms with van der Waals surface area (Å²) in [5.41, 5.74) is 0.959. The lowest BCUT2D eigenvalue weighted by molar-refractivity contribution is 0.128. The van der Waals surface area contributed by atoms with Gasteiger partial charge in [-0.05, 0) is 22.9 Å². The van der Waals surface area contributed by atoms with Gasteiger partial charge in [-0.15, -0.1) is 0 Å². The third kappa shape index (κ3) is 3.64. The molecular formula is C12H20BrN3O. The highest BCUT2D eigenvalue weighted by Gasteiger charge is 2.22. The summed E-state index contributed by atoms with van der Waals surface area (Å²) in [6, 6.07) is 0. The Morgan fingerprint density at radius 3 is 2.41 bits per heavy atom. The molecule has 0 aliphatic carbocycles. The maximum absolute atomic E-state index is 5.36. The zero-order valence-corrected chi connectivity index (χ0v) is 12.7. The minimum Gasteiger partial charge on any atom is -0.374 e. The molecule has 0 saturated carbocycles. The van der Waals surface area contributed by atoms with Gasteiger partial charge in [-0.1, -0.05) is 20.8 Å². The zero-order chi connectivity index (χ0) is 13.1. The lowest BCUT2D eigenvalue weighted by atomic mass is 9.92. The second kappa shape index (κ2) is 5.78. The van der Waals surface area contributed by atoms with Crippen LogP contribution in [0.15, 0.2) is 4.47 Å². The van der Waals surface area contributed by atoms with Crippen LogP contribution in [0.2, 0.25) is 0 Å². The topological polar surface area (TPSA) is 47.0 Å². The summed E-state index contributed by atoms with van der Waals surface area (Å²) in [5, 5.41) is 3.07. The third-order valence-corrected chi connectivity index (χ3v) is 3.03. The Balaban J connectivity index is 3.19. The number of halogens is 1. The standard InChI is InChI=1S/C12H20BrN3O/c1-6-17-7-8-15-10(12(2,3)4)9(13)11(14-5)16-8/h6-7H2,1-5H3,(H,14,15,16). The van der Waals surface area contributed by atoms with E-state index in [1.807, 2.05) is 14.0 Å². The molecule has 0 aliphatic rings. The minimum absolute atomic E-state index is 0.0334. The highest BCUT2D eigenvalue weighted by molar-refractivity contribution is 9.10. The molecule has 1 heterocycles. The number of ether oxygens (including phenoxy) is 1. The Morgan fingerprint density at radius 1 is 1.29 bits per heavy atom. The Morgan fingerprint density at radius 2 is 1.94 bits per heavy atom. The SMILES string of the molecule is CCOCc1nc(NC)c(Br)c(C(C)(C)C)n1. The molecule has 0 bridgehead atoms. The number of rotatable bonds is 4. The average molecular weight is 302 g/mol. The van der Waals surface area contributed by atoms with Crippen LogP contribution < -0.4 is 5.32 Å². The van der Waals surface area contributed by atoms with E-state index in [0.29, 0.717) is 19.0 Å². The van der Waals surface area contributed by atoms with E-state index < -0.39 is 0 Å². The molecule has 0 radical (unpaired) electrons. The third-order valence-electron chi connectivity index (χ3n) is 2.28. The Labute approximate surface area is 111 Å². The van der Waals surface area contributed by atoms with Crippen molar-refractivity contribution in [1.29, 1.82) is 0 Å². The van der Waals surface area contributed by atoms with Crippen LogP contribution in [0.1, 0.15) is 39.2 Å². The zero-order valence-electron chi connectivity index (χ0n) is 11.1. The fraction of sp³-hybridized carbons (Fsp3) is 0.667. The van der Waals surface area contributed by atoms with Gasteiger partial charge < -0.3 is 10.1 Å². The molecule has 1 rings (SSSR count). The van der Waals surface area contributed by atoms with E-state index in [9.17, 15) is 0 Å². The monoisotopic (exact) mass is 301 g/mol. The molecule has 0 amide bonds. The largest absolute Gasteiger partial charge is 0.374 e. The minimum atomic E-state index is -0.0334. The molecule has 17 heavy (non-hydrogen) atoms. The van der Waals surface area contributed by atoms with E-state index in [1.165, 1.54) is 0 Å². The van der Waals surface area contributed by atoms with Gasteiger partial charge in [-0.25, -0.2) is 9.97 Å². The van der Waals surface area contributed by atoms with Crippen molar-refractivity contribution in [3.63, 3.8) is 0 Å². The van der Waals surface area contributed by atoms with Crippen LogP contribution in [-0.2, 0) is 16.8 Å². The summed E-state index contributed by atoms with van der Waals surface area (Å²) >= 11 is 3.55. The predicted octanol–water partition coefficient (Wildman–Crippen LogP) is 3.11. The van der Waals surface area contributed by atoms with Gasteiger partial charge in [0.15, 0.2) is 5.82 Å². The highest BCUT2D eigenvalue weighted by atomic mass is 79.9. The molecule has 5 heteroatoms. The summed E-state index contributed by atoms with van der Waals surface area (Å²) < 4.78 is 6.28. The first-order valence-corrected chi connectivity index (χ1v) is 6.51. The van der Waals surface area contributed by atoms with Crippen molar-refractivity contribution in [3.05, 3.63) is 16.0 Å². The molecule has 1 aromatic rings. The molecule has 0 spiro atoms. The lowest BCUT2D eigenvalue weighted by Crippen LogP contribution is -2.18. The van der Waals surface area contributed by atoms with Crippen LogP contribution in [0, 0.1) is 0 Å². The quantitative estimate of drug-likeness (QED) is 0.928. The molecule has 1 aromatic heterocycles. The molecule has 96 valence electrons. The number of aromatic nitrogens is 2. The van der Waals surface area contributed by atoms with Crippen molar-refractivity contribution in [2.24, 2.45) is 0 Å². The van der Waals surface area contributed by atoms with Crippen LogP contribution in [0.3, 0.4) is 0 Å². The fourth-order valence-corrected chi connectivity index (χ4v) is 2.38. The van der Waals surface area contributed by atoms with E-state index in [1.54, 1.807) is 0 Å². The molecule has 0 atom stereocenters. The maximum atomic E-state index is 5.36. The van der Waals surface area contributed by atoms with E-state index in [0.717, 1.165) is 16.0 Å². The lowest BCUT2D eigenvalue weighted by Gasteiger charge is -2.21. The van der Waals surface area contributed by atoms with Crippen molar-refractivity contribution < 1.29 is 4.74 Å². The number of nitrogens with one attached hydrogen (secondary N) is 1. The Kier molecular flexibility index (Phi) is 4.89. The van der Waals surface area contributed by atoms with Crippen LogP contribution >= 0.6 is 15.9 Å². The second-order valence-corrected chi connectivity index (χ2v) is 5.58. The molecule has 4 nitrogen and oxygen atoms in total. The predicted molar refractivity (Wildman–Crippen MR) is 73.3 cm³/mol. The fourth-order valence-electron chi connectivity index (χ4n) is 1.41. The van der Waals surface area contributed by atoms with Gasteiger partial charge in [0.25, 0.3) is 0 Å². The molecule has 0 fully saturated rings. The van der Waals surface area contributed by atoms with Crippen molar-refractivity contribution in [3.8, 4) is 0 Å². The van der Waals surface area contributed by atoms with Gasteiger partial charge in [0.2, 0.25) is 0 Å². The molecule has 0 aliphatic heterocycles. The molecule has 1 N–H and O–H groups in total. The van der Waals surface area contributed by atoms with E-state index in [-0.39, 0.29) is 5.41 Å². The summed E-state index contributed by atoms with van der Waals surface area (Å²) in [7, 11) is 1.85. The van der Waals surface area contributed by atoms with Gasteiger partial charge in [-0.3, -0.25) is 0 Å². The van der Waals surface area contributed by atoms with Crippen molar-refractivity contribution >= 4 is 21.7 Å². The van der Waals surface area contributed by atoms with Gasteiger partial charge in [0.1, 0.15) is 12.4 Å². The smallest absolute Gasteiger partial charge is 0.156 e.